The minimum absolute atomic E-state index is 0.137. The number of sulfonamides is 1. The summed E-state index contributed by atoms with van der Waals surface area (Å²) >= 11 is 0. The quantitative estimate of drug-likeness (QED) is 0.808. The van der Waals surface area contributed by atoms with Crippen molar-refractivity contribution in [3.05, 3.63) is 29.8 Å². The molecule has 0 spiro atoms. The number of hydrogen-bond acceptors (Lipinski definition) is 3. The van der Waals surface area contributed by atoms with Gasteiger partial charge in [-0.05, 0) is 44.4 Å². The maximum absolute atomic E-state index is 12.0. The Morgan fingerprint density at radius 2 is 2.00 bits per heavy atom. The Bertz CT molecular complexity index is 524. The third kappa shape index (κ3) is 3.70. The van der Waals surface area contributed by atoms with Gasteiger partial charge in [0.2, 0.25) is 10.0 Å². The van der Waals surface area contributed by atoms with Crippen LogP contribution in [0.5, 0.6) is 0 Å². The van der Waals surface area contributed by atoms with Crippen LogP contribution in [0.1, 0.15) is 44.7 Å². The van der Waals surface area contributed by atoms with Crippen LogP contribution in [-0.4, -0.2) is 20.2 Å². The van der Waals surface area contributed by atoms with Crippen molar-refractivity contribution < 1.29 is 8.42 Å². The van der Waals surface area contributed by atoms with E-state index >= 15 is 0 Å². The number of benzene rings is 1. The molecule has 0 amide bonds. The molecule has 1 fully saturated rings. The molecule has 1 aromatic carbocycles. The monoisotopic (exact) mass is 282 g/mol. The highest BCUT2D eigenvalue weighted by atomic mass is 32.2. The molecule has 19 heavy (non-hydrogen) atoms. The number of anilines is 1. The number of rotatable bonds is 7. The van der Waals surface area contributed by atoms with Gasteiger partial charge in [0.1, 0.15) is 0 Å². The lowest BCUT2D eigenvalue weighted by Crippen LogP contribution is -2.23. The lowest BCUT2D eigenvalue weighted by Gasteiger charge is -2.18. The van der Waals surface area contributed by atoms with Gasteiger partial charge in [-0.3, -0.25) is 4.72 Å². The lowest BCUT2D eigenvalue weighted by molar-refractivity contribution is 0.571. The molecule has 2 rings (SSSR count). The van der Waals surface area contributed by atoms with Crippen LogP contribution >= 0.6 is 0 Å². The SMILES string of the molecule is CCCNC(C)c1ccccc1NS(=O)(=O)C1CC1. The third-order valence-electron chi connectivity index (χ3n) is 3.34. The van der Waals surface area contributed by atoms with E-state index in [9.17, 15) is 8.42 Å². The van der Waals surface area contributed by atoms with E-state index in [4.69, 9.17) is 0 Å². The first-order valence-electron chi connectivity index (χ1n) is 6.88. The summed E-state index contributed by atoms with van der Waals surface area (Å²) in [6.07, 6.45) is 2.61. The summed E-state index contributed by atoms with van der Waals surface area (Å²) < 4.78 is 26.8. The topological polar surface area (TPSA) is 58.2 Å². The van der Waals surface area contributed by atoms with Gasteiger partial charge in [0.25, 0.3) is 0 Å². The summed E-state index contributed by atoms with van der Waals surface area (Å²) in [5.74, 6) is 0. The Labute approximate surface area is 115 Å². The Balaban J connectivity index is 2.16. The maximum atomic E-state index is 12.0. The largest absolute Gasteiger partial charge is 0.310 e. The van der Waals surface area contributed by atoms with E-state index in [0.29, 0.717) is 5.69 Å². The molecule has 106 valence electrons. The van der Waals surface area contributed by atoms with E-state index in [1.165, 1.54) is 0 Å². The Morgan fingerprint density at radius 3 is 2.63 bits per heavy atom. The molecule has 1 unspecified atom stereocenters. The first-order chi connectivity index (χ1) is 9.04. The molecule has 0 aliphatic heterocycles. The van der Waals surface area contributed by atoms with Gasteiger partial charge in [0.05, 0.1) is 10.9 Å². The fourth-order valence-electron chi connectivity index (χ4n) is 2.05. The van der Waals surface area contributed by atoms with Crippen molar-refractivity contribution in [1.82, 2.24) is 5.32 Å². The van der Waals surface area contributed by atoms with Crippen LogP contribution in [0.15, 0.2) is 24.3 Å². The van der Waals surface area contributed by atoms with E-state index in [2.05, 4.69) is 23.9 Å². The summed E-state index contributed by atoms with van der Waals surface area (Å²) in [5.41, 5.74) is 1.70. The van der Waals surface area contributed by atoms with Crippen LogP contribution in [0.4, 0.5) is 5.69 Å². The minimum atomic E-state index is -3.19. The van der Waals surface area contributed by atoms with E-state index in [-0.39, 0.29) is 11.3 Å². The highest BCUT2D eigenvalue weighted by molar-refractivity contribution is 7.93. The van der Waals surface area contributed by atoms with E-state index in [1.807, 2.05) is 24.3 Å². The van der Waals surface area contributed by atoms with Gasteiger partial charge in [0.15, 0.2) is 0 Å². The zero-order chi connectivity index (χ0) is 13.9. The minimum Gasteiger partial charge on any atom is -0.310 e. The molecule has 0 saturated heterocycles. The molecule has 4 nitrogen and oxygen atoms in total. The molecular weight excluding hydrogens is 260 g/mol. The molecule has 0 heterocycles. The summed E-state index contributed by atoms with van der Waals surface area (Å²) in [6.45, 7) is 5.09. The normalized spacial score (nSPS) is 17.2. The smallest absolute Gasteiger partial charge is 0.235 e. The maximum Gasteiger partial charge on any atom is 0.235 e. The molecule has 5 heteroatoms. The predicted octanol–water partition coefficient (Wildman–Crippen LogP) is 2.65. The molecule has 1 atom stereocenters. The molecule has 1 aromatic rings. The second-order valence-electron chi connectivity index (χ2n) is 5.11. The number of para-hydroxylation sites is 1. The molecule has 0 radical (unpaired) electrons. The van der Waals surface area contributed by atoms with Crippen LogP contribution in [-0.2, 0) is 10.0 Å². The Morgan fingerprint density at radius 1 is 1.32 bits per heavy atom. The van der Waals surface area contributed by atoms with Gasteiger partial charge >= 0.3 is 0 Å². The third-order valence-corrected chi connectivity index (χ3v) is 5.20. The number of nitrogens with one attached hydrogen (secondary N) is 2. The van der Waals surface area contributed by atoms with Gasteiger partial charge in [-0.25, -0.2) is 8.42 Å². The standard InChI is InChI=1S/C14H22N2O2S/c1-3-10-15-11(2)13-6-4-5-7-14(13)16-19(17,18)12-8-9-12/h4-7,11-12,15-16H,3,8-10H2,1-2H3. The highest BCUT2D eigenvalue weighted by Gasteiger charge is 2.36. The zero-order valence-corrected chi connectivity index (χ0v) is 12.3. The van der Waals surface area contributed by atoms with Crippen molar-refractivity contribution in [2.24, 2.45) is 0 Å². The van der Waals surface area contributed by atoms with Crippen LogP contribution in [0, 0.1) is 0 Å². The van der Waals surface area contributed by atoms with Crippen LogP contribution in [0.3, 0.4) is 0 Å². The molecule has 2 N–H and O–H groups in total. The summed E-state index contributed by atoms with van der Waals surface area (Å²) in [6, 6.07) is 7.74. The first-order valence-corrected chi connectivity index (χ1v) is 8.43. The van der Waals surface area contributed by atoms with Crippen molar-refractivity contribution in [1.29, 1.82) is 0 Å². The van der Waals surface area contributed by atoms with Crippen LogP contribution < -0.4 is 10.0 Å². The molecule has 1 aliphatic carbocycles. The summed E-state index contributed by atoms with van der Waals surface area (Å²) in [7, 11) is -3.19. The fraction of sp³-hybridized carbons (Fsp3) is 0.571. The van der Waals surface area contributed by atoms with Gasteiger partial charge in [-0.15, -0.1) is 0 Å². The number of hydrogen-bond donors (Lipinski definition) is 2. The fourth-order valence-corrected chi connectivity index (χ4v) is 3.47. The summed E-state index contributed by atoms with van der Waals surface area (Å²) in [5, 5.41) is 3.19. The van der Waals surface area contributed by atoms with E-state index < -0.39 is 10.0 Å². The highest BCUT2D eigenvalue weighted by Crippen LogP contribution is 2.31. The van der Waals surface area contributed by atoms with Crippen molar-refractivity contribution in [3.8, 4) is 0 Å². The average molecular weight is 282 g/mol. The second-order valence-corrected chi connectivity index (χ2v) is 7.07. The average Bonchev–Trinajstić information content (AvgIpc) is 3.20. The van der Waals surface area contributed by atoms with Gasteiger partial charge in [-0.1, -0.05) is 25.1 Å². The Hall–Kier alpha value is -1.07. The predicted molar refractivity (Wildman–Crippen MR) is 78.7 cm³/mol. The van der Waals surface area contributed by atoms with Crippen molar-refractivity contribution >= 4 is 15.7 Å². The van der Waals surface area contributed by atoms with Crippen LogP contribution in [0.25, 0.3) is 0 Å². The van der Waals surface area contributed by atoms with Gasteiger partial charge in [-0.2, -0.15) is 0 Å². The van der Waals surface area contributed by atoms with E-state index in [0.717, 1.165) is 31.4 Å². The summed E-state index contributed by atoms with van der Waals surface area (Å²) in [4.78, 5) is 0. The second kappa shape index (κ2) is 5.92. The Kier molecular flexibility index (Phi) is 4.47. The van der Waals surface area contributed by atoms with Crippen molar-refractivity contribution in [2.45, 2.75) is 44.4 Å². The molecular formula is C14H22N2O2S. The molecule has 0 aromatic heterocycles. The molecule has 1 aliphatic rings. The van der Waals surface area contributed by atoms with Crippen molar-refractivity contribution in [3.63, 3.8) is 0 Å². The van der Waals surface area contributed by atoms with E-state index in [1.54, 1.807) is 0 Å². The van der Waals surface area contributed by atoms with Crippen molar-refractivity contribution in [2.75, 3.05) is 11.3 Å². The lowest BCUT2D eigenvalue weighted by atomic mass is 10.1. The van der Waals surface area contributed by atoms with Crippen LogP contribution in [0.2, 0.25) is 0 Å². The van der Waals surface area contributed by atoms with Gasteiger partial charge in [0, 0.05) is 6.04 Å². The molecule has 0 bridgehead atoms. The first kappa shape index (κ1) is 14.3. The van der Waals surface area contributed by atoms with Gasteiger partial charge < -0.3 is 5.32 Å². The zero-order valence-electron chi connectivity index (χ0n) is 11.5. The molecule has 1 saturated carbocycles.